The zero-order valence-corrected chi connectivity index (χ0v) is 32.4. The SMILES string of the molecule is CCCN(CCC)[C@H](C)C(=O)N1CCC[C@H]1c1ncc(-c2ccc(-c3ccc(-c4cnc([C@@H]5CCCN5C(=O)[C@H](NC(=O)O)c5ccccc5)[nH]4)cc3)cc2)[nH]1. The number of carboxylic acid groups (broad SMARTS) is 1. The summed E-state index contributed by atoms with van der Waals surface area (Å²) in [5, 5.41) is 11.9. The Hall–Kier alpha value is -5.75. The number of carbonyl (C=O) groups is 3. The van der Waals surface area contributed by atoms with Crippen molar-refractivity contribution in [3.05, 3.63) is 108 Å². The van der Waals surface area contributed by atoms with Crippen molar-refractivity contribution in [3.63, 3.8) is 0 Å². The molecule has 3 aromatic carbocycles. The molecule has 0 spiro atoms. The van der Waals surface area contributed by atoms with Crippen molar-refractivity contribution >= 4 is 17.9 Å². The maximum absolute atomic E-state index is 13.7. The first-order valence-corrected chi connectivity index (χ1v) is 20.0. The van der Waals surface area contributed by atoms with E-state index in [0.717, 1.165) is 97.6 Å². The van der Waals surface area contributed by atoms with Gasteiger partial charge in [0.05, 0.1) is 41.9 Å². The van der Waals surface area contributed by atoms with E-state index < -0.39 is 12.1 Å². The van der Waals surface area contributed by atoms with Crippen LogP contribution >= 0.6 is 0 Å². The van der Waals surface area contributed by atoms with Crippen molar-refractivity contribution < 1.29 is 19.5 Å². The minimum absolute atomic E-state index is 0.0414. The molecule has 2 saturated heterocycles. The fourth-order valence-corrected chi connectivity index (χ4v) is 8.31. The third kappa shape index (κ3) is 8.25. The molecule has 2 aliphatic heterocycles. The molecule has 292 valence electrons. The summed E-state index contributed by atoms with van der Waals surface area (Å²) in [4.78, 5) is 61.4. The van der Waals surface area contributed by atoms with E-state index >= 15 is 0 Å². The highest BCUT2D eigenvalue weighted by molar-refractivity contribution is 5.87. The van der Waals surface area contributed by atoms with Crippen LogP contribution < -0.4 is 5.32 Å². The highest BCUT2D eigenvalue weighted by Crippen LogP contribution is 2.36. The fourth-order valence-electron chi connectivity index (χ4n) is 8.31. The molecule has 7 rings (SSSR count). The van der Waals surface area contributed by atoms with Crippen LogP contribution in [0.3, 0.4) is 0 Å². The molecule has 2 fully saturated rings. The number of aromatic amines is 2. The number of carbonyl (C=O) groups excluding carboxylic acids is 2. The van der Waals surface area contributed by atoms with Crippen LogP contribution in [0.15, 0.2) is 91.3 Å². The Kier molecular flexibility index (Phi) is 11.9. The van der Waals surface area contributed by atoms with Crippen LogP contribution in [0.4, 0.5) is 4.79 Å². The Labute approximate surface area is 328 Å². The third-order valence-electron chi connectivity index (χ3n) is 11.2. The van der Waals surface area contributed by atoms with Crippen molar-refractivity contribution in [1.82, 2.24) is 40.0 Å². The van der Waals surface area contributed by atoms with Gasteiger partial charge in [-0.3, -0.25) is 14.5 Å². The number of nitrogens with zero attached hydrogens (tertiary/aromatic N) is 5. The highest BCUT2D eigenvalue weighted by atomic mass is 16.4. The highest BCUT2D eigenvalue weighted by Gasteiger charge is 2.38. The summed E-state index contributed by atoms with van der Waals surface area (Å²) in [6, 6.07) is 24.2. The second kappa shape index (κ2) is 17.4. The number of aromatic nitrogens is 4. The molecule has 4 N–H and O–H groups in total. The minimum Gasteiger partial charge on any atom is -0.465 e. The number of hydrogen-bond acceptors (Lipinski definition) is 6. The van der Waals surface area contributed by atoms with E-state index in [1.165, 1.54) is 0 Å². The van der Waals surface area contributed by atoms with Crippen molar-refractivity contribution in [1.29, 1.82) is 0 Å². The molecule has 0 saturated carbocycles. The molecule has 0 unspecified atom stereocenters. The minimum atomic E-state index is -1.25. The van der Waals surface area contributed by atoms with E-state index in [4.69, 9.17) is 4.98 Å². The smallest absolute Gasteiger partial charge is 0.405 e. The molecule has 2 aliphatic rings. The molecule has 4 atom stereocenters. The summed E-state index contributed by atoms with van der Waals surface area (Å²) in [6.45, 7) is 9.50. The summed E-state index contributed by atoms with van der Waals surface area (Å²) < 4.78 is 0. The summed E-state index contributed by atoms with van der Waals surface area (Å²) in [6.07, 6.45) is 7.88. The first-order valence-electron chi connectivity index (χ1n) is 20.0. The molecule has 12 heteroatoms. The molecule has 0 aliphatic carbocycles. The topological polar surface area (TPSA) is 151 Å². The van der Waals surface area contributed by atoms with Crippen LogP contribution in [0.25, 0.3) is 33.6 Å². The van der Waals surface area contributed by atoms with Gasteiger partial charge in [0.15, 0.2) is 0 Å². The average Bonchev–Trinajstić information content (AvgIpc) is 4.07. The normalized spacial score (nSPS) is 18.0. The Morgan fingerprint density at radius 2 is 1.20 bits per heavy atom. The van der Waals surface area contributed by atoms with Gasteiger partial charge in [-0.1, -0.05) is 92.7 Å². The molecular weight excluding hydrogens is 705 g/mol. The molecule has 56 heavy (non-hydrogen) atoms. The van der Waals surface area contributed by atoms with Gasteiger partial charge in [-0.15, -0.1) is 0 Å². The molecule has 3 amide bonds. The molecule has 2 aromatic heterocycles. The maximum Gasteiger partial charge on any atom is 0.405 e. The van der Waals surface area contributed by atoms with Crippen molar-refractivity contribution in [2.24, 2.45) is 0 Å². The summed E-state index contributed by atoms with van der Waals surface area (Å²) in [7, 11) is 0. The number of amides is 3. The van der Waals surface area contributed by atoms with Gasteiger partial charge in [-0.2, -0.15) is 0 Å². The van der Waals surface area contributed by atoms with E-state index in [0.29, 0.717) is 17.9 Å². The molecule has 4 heterocycles. The van der Waals surface area contributed by atoms with Crippen molar-refractivity contribution in [2.45, 2.75) is 83.5 Å². The van der Waals surface area contributed by atoms with E-state index in [1.54, 1.807) is 35.4 Å². The van der Waals surface area contributed by atoms with Crippen LogP contribution in [0, 0.1) is 0 Å². The zero-order chi connectivity index (χ0) is 39.2. The molecule has 12 nitrogen and oxygen atoms in total. The number of likely N-dealkylation sites (tertiary alicyclic amines) is 2. The second-order valence-corrected chi connectivity index (χ2v) is 14.9. The van der Waals surface area contributed by atoms with Gasteiger partial charge >= 0.3 is 6.09 Å². The number of nitrogens with one attached hydrogen (secondary N) is 3. The molecular formula is C44H52N8O4. The van der Waals surface area contributed by atoms with Crippen LogP contribution in [0.2, 0.25) is 0 Å². The number of rotatable bonds is 14. The van der Waals surface area contributed by atoms with E-state index in [9.17, 15) is 19.5 Å². The lowest BCUT2D eigenvalue weighted by Crippen LogP contribution is -2.47. The summed E-state index contributed by atoms with van der Waals surface area (Å²) >= 11 is 0. The lowest BCUT2D eigenvalue weighted by atomic mass is 10.0. The van der Waals surface area contributed by atoms with Gasteiger partial charge in [-0.05, 0) is 86.4 Å². The first-order chi connectivity index (χ1) is 27.2. The lowest BCUT2D eigenvalue weighted by molar-refractivity contribution is -0.137. The number of H-pyrrole nitrogens is 2. The van der Waals surface area contributed by atoms with Crippen LogP contribution in [-0.2, 0) is 9.59 Å². The second-order valence-electron chi connectivity index (χ2n) is 14.9. The van der Waals surface area contributed by atoms with Gasteiger partial charge in [0.25, 0.3) is 5.91 Å². The fraction of sp³-hybridized carbons (Fsp3) is 0.386. The average molecular weight is 757 g/mol. The zero-order valence-electron chi connectivity index (χ0n) is 32.4. The quantitative estimate of drug-likeness (QED) is 0.0897. The number of hydrogen-bond donors (Lipinski definition) is 4. The van der Waals surface area contributed by atoms with Gasteiger partial charge in [-0.25, -0.2) is 14.8 Å². The van der Waals surface area contributed by atoms with Gasteiger partial charge in [0.1, 0.15) is 17.7 Å². The van der Waals surface area contributed by atoms with E-state index in [2.05, 4.69) is 87.5 Å². The van der Waals surface area contributed by atoms with Crippen LogP contribution in [0.5, 0.6) is 0 Å². The van der Waals surface area contributed by atoms with E-state index in [-0.39, 0.29) is 29.9 Å². The summed E-state index contributed by atoms with van der Waals surface area (Å²) in [5.74, 6) is 1.42. The molecule has 5 aromatic rings. The largest absolute Gasteiger partial charge is 0.465 e. The van der Waals surface area contributed by atoms with Gasteiger partial charge in [0.2, 0.25) is 5.91 Å². The van der Waals surface area contributed by atoms with Gasteiger partial charge < -0.3 is 30.2 Å². The number of imidazole rings is 2. The van der Waals surface area contributed by atoms with Crippen molar-refractivity contribution in [3.8, 4) is 33.6 Å². The third-order valence-corrected chi connectivity index (χ3v) is 11.2. The first kappa shape index (κ1) is 38.5. The van der Waals surface area contributed by atoms with E-state index in [1.807, 2.05) is 24.1 Å². The monoisotopic (exact) mass is 756 g/mol. The molecule has 0 radical (unpaired) electrons. The van der Waals surface area contributed by atoms with Crippen molar-refractivity contribution in [2.75, 3.05) is 26.2 Å². The Morgan fingerprint density at radius 3 is 1.66 bits per heavy atom. The Balaban J connectivity index is 1.00. The predicted molar refractivity (Wildman–Crippen MR) is 216 cm³/mol. The summed E-state index contributed by atoms with van der Waals surface area (Å²) in [5.41, 5.74) is 6.53. The van der Waals surface area contributed by atoms with Crippen LogP contribution in [-0.4, -0.2) is 89.9 Å². The lowest BCUT2D eigenvalue weighted by Gasteiger charge is -2.33. The number of benzene rings is 3. The maximum atomic E-state index is 13.7. The van der Waals surface area contributed by atoms with Gasteiger partial charge in [0, 0.05) is 13.1 Å². The Morgan fingerprint density at radius 1 is 0.732 bits per heavy atom. The Bertz CT molecular complexity index is 2090. The standard InChI is InChI=1S/C44H52N8O4/c1-4-23-50(24-5-2)29(3)42(53)51-25-9-13-37(51)40-45-27-35(47-40)32-19-15-30(16-20-32)31-17-21-33(22-18-31)36-28-46-41(48-36)38-14-10-26-52(38)43(54)39(49-44(55)56)34-11-7-6-8-12-34/h6-8,11-12,15-22,27-29,37-39,49H,4-5,9-10,13-14,23-26H2,1-3H3,(H,45,47)(H,46,48)(H,55,56)/t29-,37+,38+,39-/m1/s1. The predicted octanol–water partition coefficient (Wildman–Crippen LogP) is 7.98. The van der Waals surface area contributed by atoms with Crippen LogP contribution in [0.1, 0.15) is 94.6 Å². The molecule has 0 bridgehead atoms.